The largest absolute Gasteiger partial charge is 0.315 e. The van der Waals surface area contributed by atoms with E-state index in [-0.39, 0.29) is 0 Å². The maximum Gasteiger partial charge on any atom is 0.0251 e. The maximum atomic E-state index is 3.54. The van der Waals surface area contributed by atoms with Crippen molar-refractivity contribution in [3.8, 4) is 0 Å². The smallest absolute Gasteiger partial charge is 0.0251 e. The molecule has 1 aliphatic rings. The van der Waals surface area contributed by atoms with Crippen LogP contribution in [0.25, 0.3) is 0 Å². The van der Waals surface area contributed by atoms with Crippen LogP contribution < -0.4 is 5.32 Å². The Hall–Kier alpha value is -0.0800. The fourth-order valence-electron chi connectivity index (χ4n) is 3.12. The van der Waals surface area contributed by atoms with Gasteiger partial charge in [0.25, 0.3) is 0 Å². The molecular formula is C15H32N2. The van der Waals surface area contributed by atoms with E-state index in [2.05, 4.69) is 45.0 Å². The molecule has 4 atom stereocenters. The van der Waals surface area contributed by atoms with Crippen LogP contribution in [0.2, 0.25) is 0 Å². The Bertz CT molecular complexity index is 205. The van der Waals surface area contributed by atoms with Crippen molar-refractivity contribution >= 4 is 0 Å². The second kappa shape index (κ2) is 7.38. The van der Waals surface area contributed by atoms with Gasteiger partial charge in [-0.1, -0.05) is 34.1 Å². The number of likely N-dealkylation sites (N-methyl/N-ethyl adjacent to an activating group) is 2. The first-order valence-corrected chi connectivity index (χ1v) is 7.53. The normalized spacial score (nSPS) is 31.8. The molecule has 17 heavy (non-hydrogen) atoms. The summed E-state index contributed by atoms with van der Waals surface area (Å²) in [5.41, 5.74) is 0. The number of rotatable bonds is 6. The Morgan fingerprint density at radius 3 is 2.53 bits per heavy atom. The average Bonchev–Trinajstić information content (AvgIpc) is 2.35. The van der Waals surface area contributed by atoms with Gasteiger partial charge in [0.15, 0.2) is 0 Å². The van der Waals surface area contributed by atoms with Gasteiger partial charge in [-0.05, 0) is 44.7 Å². The number of hydrogen-bond donors (Lipinski definition) is 1. The van der Waals surface area contributed by atoms with E-state index in [1.165, 1.54) is 38.8 Å². The Balaban J connectivity index is 2.62. The van der Waals surface area contributed by atoms with Crippen molar-refractivity contribution in [1.82, 2.24) is 10.2 Å². The third kappa shape index (κ3) is 4.26. The van der Waals surface area contributed by atoms with Crippen molar-refractivity contribution in [2.24, 2.45) is 11.8 Å². The number of nitrogens with zero attached hydrogens (tertiary/aromatic N) is 1. The fraction of sp³-hybridized carbons (Fsp3) is 1.00. The zero-order chi connectivity index (χ0) is 12.8. The summed E-state index contributed by atoms with van der Waals surface area (Å²) in [6, 6.07) is 1.46. The molecule has 102 valence electrons. The van der Waals surface area contributed by atoms with Crippen molar-refractivity contribution in [2.45, 2.75) is 65.5 Å². The van der Waals surface area contributed by atoms with Crippen LogP contribution in [0.4, 0.5) is 0 Å². The summed E-state index contributed by atoms with van der Waals surface area (Å²) in [7, 11) is 2.13. The molecule has 4 unspecified atom stereocenters. The molecule has 0 aromatic rings. The zero-order valence-electron chi connectivity index (χ0n) is 12.5. The highest BCUT2D eigenvalue weighted by Crippen LogP contribution is 2.28. The van der Waals surface area contributed by atoms with Gasteiger partial charge in [0.05, 0.1) is 0 Å². The standard InChI is InChI=1S/C15H32N2/c1-6-12(3)11-17(7-2)15-10-13(4)8-9-14(15)16-5/h12-16H,6-11H2,1-5H3. The molecule has 2 heteroatoms. The quantitative estimate of drug-likeness (QED) is 0.767. The first kappa shape index (κ1) is 15.0. The molecule has 0 aromatic carbocycles. The molecule has 1 saturated carbocycles. The van der Waals surface area contributed by atoms with Crippen LogP contribution in [0.1, 0.15) is 53.4 Å². The molecule has 0 amide bonds. The van der Waals surface area contributed by atoms with E-state index in [1.54, 1.807) is 0 Å². The Morgan fingerprint density at radius 2 is 2.00 bits per heavy atom. The highest BCUT2D eigenvalue weighted by Gasteiger charge is 2.31. The zero-order valence-corrected chi connectivity index (χ0v) is 12.5. The van der Waals surface area contributed by atoms with E-state index in [4.69, 9.17) is 0 Å². The van der Waals surface area contributed by atoms with Crippen molar-refractivity contribution < 1.29 is 0 Å². The van der Waals surface area contributed by atoms with Gasteiger partial charge in [0, 0.05) is 18.6 Å². The lowest BCUT2D eigenvalue weighted by molar-refractivity contribution is 0.0951. The van der Waals surface area contributed by atoms with Crippen LogP contribution in [0, 0.1) is 11.8 Å². The van der Waals surface area contributed by atoms with Crippen LogP contribution in [0.3, 0.4) is 0 Å². The molecule has 0 spiro atoms. The van der Waals surface area contributed by atoms with Crippen LogP contribution in [-0.4, -0.2) is 37.1 Å². The predicted molar refractivity (Wildman–Crippen MR) is 76.4 cm³/mol. The van der Waals surface area contributed by atoms with Gasteiger partial charge in [0.2, 0.25) is 0 Å². The van der Waals surface area contributed by atoms with Crippen LogP contribution in [-0.2, 0) is 0 Å². The minimum absolute atomic E-state index is 0.704. The molecule has 0 bridgehead atoms. The summed E-state index contributed by atoms with van der Waals surface area (Å²) < 4.78 is 0. The topological polar surface area (TPSA) is 15.3 Å². The molecule has 0 saturated heterocycles. The Kier molecular flexibility index (Phi) is 6.50. The van der Waals surface area contributed by atoms with Gasteiger partial charge in [-0.3, -0.25) is 4.90 Å². The van der Waals surface area contributed by atoms with E-state index in [0.717, 1.165) is 17.9 Å². The lowest BCUT2D eigenvalue weighted by Crippen LogP contribution is -2.53. The maximum absolute atomic E-state index is 3.54. The Labute approximate surface area is 108 Å². The third-order valence-corrected chi connectivity index (χ3v) is 4.57. The molecule has 0 radical (unpaired) electrons. The van der Waals surface area contributed by atoms with Crippen LogP contribution >= 0.6 is 0 Å². The molecule has 2 nitrogen and oxygen atoms in total. The van der Waals surface area contributed by atoms with Gasteiger partial charge in [-0.25, -0.2) is 0 Å². The van der Waals surface area contributed by atoms with Crippen molar-refractivity contribution in [1.29, 1.82) is 0 Å². The van der Waals surface area contributed by atoms with Crippen molar-refractivity contribution in [3.63, 3.8) is 0 Å². The fourth-order valence-corrected chi connectivity index (χ4v) is 3.12. The van der Waals surface area contributed by atoms with Crippen LogP contribution in [0.15, 0.2) is 0 Å². The summed E-state index contributed by atoms with van der Waals surface area (Å²) in [6.07, 6.45) is 5.40. The Morgan fingerprint density at radius 1 is 1.29 bits per heavy atom. The van der Waals surface area contributed by atoms with E-state index < -0.39 is 0 Å². The van der Waals surface area contributed by atoms with E-state index in [1.807, 2.05) is 0 Å². The lowest BCUT2D eigenvalue weighted by Gasteiger charge is -2.42. The molecule has 1 aliphatic carbocycles. The first-order chi connectivity index (χ1) is 8.12. The van der Waals surface area contributed by atoms with Crippen LogP contribution in [0.5, 0.6) is 0 Å². The highest BCUT2D eigenvalue weighted by molar-refractivity contribution is 4.89. The molecule has 0 heterocycles. The SMILES string of the molecule is CCC(C)CN(CC)C1CC(C)CCC1NC. The molecule has 0 aliphatic heterocycles. The van der Waals surface area contributed by atoms with E-state index in [9.17, 15) is 0 Å². The minimum Gasteiger partial charge on any atom is -0.315 e. The van der Waals surface area contributed by atoms with Gasteiger partial charge < -0.3 is 5.32 Å². The summed E-state index contributed by atoms with van der Waals surface area (Å²) >= 11 is 0. The molecule has 1 N–H and O–H groups in total. The summed E-state index contributed by atoms with van der Waals surface area (Å²) in [4.78, 5) is 2.71. The van der Waals surface area contributed by atoms with Crippen molar-refractivity contribution in [3.05, 3.63) is 0 Å². The van der Waals surface area contributed by atoms with E-state index in [0.29, 0.717) is 6.04 Å². The number of hydrogen-bond acceptors (Lipinski definition) is 2. The molecular weight excluding hydrogens is 208 g/mol. The molecule has 1 fully saturated rings. The first-order valence-electron chi connectivity index (χ1n) is 7.53. The monoisotopic (exact) mass is 240 g/mol. The third-order valence-electron chi connectivity index (χ3n) is 4.57. The second-order valence-corrected chi connectivity index (χ2v) is 5.98. The number of nitrogens with one attached hydrogen (secondary N) is 1. The average molecular weight is 240 g/mol. The summed E-state index contributed by atoms with van der Waals surface area (Å²) in [5.74, 6) is 1.72. The molecule has 1 rings (SSSR count). The van der Waals surface area contributed by atoms with E-state index >= 15 is 0 Å². The summed E-state index contributed by atoms with van der Waals surface area (Å²) in [6.45, 7) is 11.9. The van der Waals surface area contributed by atoms with Gasteiger partial charge in [-0.2, -0.15) is 0 Å². The van der Waals surface area contributed by atoms with Gasteiger partial charge in [-0.15, -0.1) is 0 Å². The molecule has 0 aromatic heterocycles. The van der Waals surface area contributed by atoms with Gasteiger partial charge in [0.1, 0.15) is 0 Å². The highest BCUT2D eigenvalue weighted by atomic mass is 15.2. The van der Waals surface area contributed by atoms with Gasteiger partial charge >= 0.3 is 0 Å². The van der Waals surface area contributed by atoms with Crippen molar-refractivity contribution in [2.75, 3.05) is 20.1 Å². The minimum atomic E-state index is 0.704. The predicted octanol–water partition coefficient (Wildman–Crippen LogP) is 3.13. The lowest BCUT2D eigenvalue weighted by atomic mass is 9.82. The second-order valence-electron chi connectivity index (χ2n) is 5.98. The summed E-state index contributed by atoms with van der Waals surface area (Å²) in [5, 5.41) is 3.54.